The molecule has 0 unspecified atom stereocenters. The number of benzene rings is 4. The van der Waals surface area contributed by atoms with Gasteiger partial charge in [-0.3, -0.25) is 9.97 Å². The van der Waals surface area contributed by atoms with Gasteiger partial charge in [0.05, 0.1) is 28.6 Å². The van der Waals surface area contributed by atoms with Crippen molar-refractivity contribution in [3.8, 4) is 28.3 Å². The van der Waals surface area contributed by atoms with Crippen LogP contribution < -0.4 is 0 Å². The Kier molecular flexibility index (Phi) is 10.9. The van der Waals surface area contributed by atoms with E-state index in [-0.39, 0.29) is 20.1 Å². The van der Waals surface area contributed by atoms with Crippen LogP contribution in [0.5, 0.6) is 0 Å². The molecule has 0 saturated heterocycles. The maximum Gasteiger partial charge on any atom is 0.120 e. The van der Waals surface area contributed by atoms with Gasteiger partial charge in [0.2, 0.25) is 0 Å². The van der Waals surface area contributed by atoms with E-state index in [1.165, 1.54) is 27.9 Å². The van der Waals surface area contributed by atoms with Crippen molar-refractivity contribution in [2.45, 2.75) is 73.1 Å². The summed E-state index contributed by atoms with van der Waals surface area (Å²) in [7, 11) is 0. The summed E-state index contributed by atoms with van der Waals surface area (Å²) >= 11 is 0. The van der Waals surface area contributed by atoms with Crippen molar-refractivity contribution >= 4 is 33.0 Å². The van der Waals surface area contributed by atoms with Gasteiger partial charge in [-0.25, -0.2) is 0 Å². The van der Waals surface area contributed by atoms with Crippen molar-refractivity contribution in [3.05, 3.63) is 143 Å². The van der Waals surface area contributed by atoms with Crippen LogP contribution in [0.4, 0.5) is 0 Å². The van der Waals surface area contributed by atoms with E-state index >= 15 is 0 Å². The Morgan fingerprint density at radius 2 is 1.42 bits per heavy atom. The molecule has 0 aliphatic carbocycles. The second kappa shape index (κ2) is 15.4. The zero-order valence-corrected chi connectivity index (χ0v) is 33.5. The number of aryl methyl sites for hydroxylation is 2. The van der Waals surface area contributed by atoms with Gasteiger partial charge in [-0.05, 0) is 59.2 Å². The van der Waals surface area contributed by atoms with E-state index in [1.807, 2.05) is 55.7 Å². The Morgan fingerprint density at radius 3 is 2.08 bits per heavy atom. The van der Waals surface area contributed by atoms with Crippen molar-refractivity contribution < 1.29 is 24.5 Å². The quantitative estimate of drug-likeness (QED) is 0.156. The minimum absolute atomic E-state index is 0. The molecule has 265 valence electrons. The van der Waals surface area contributed by atoms with E-state index in [4.69, 9.17) is 14.4 Å². The Balaban J connectivity index is 0.000000260. The van der Waals surface area contributed by atoms with Gasteiger partial charge in [-0.2, -0.15) is 0 Å². The van der Waals surface area contributed by atoms with Crippen LogP contribution in [0.15, 0.2) is 108 Å². The van der Waals surface area contributed by atoms with Crippen molar-refractivity contribution in [2.24, 2.45) is 0 Å². The molecule has 8 aromatic rings. The second-order valence-corrected chi connectivity index (χ2v) is 14.3. The number of imidazole rings is 1. The van der Waals surface area contributed by atoms with Gasteiger partial charge in [0.25, 0.3) is 0 Å². The predicted octanol–water partition coefficient (Wildman–Crippen LogP) is 12.3. The minimum Gasteiger partial charge on any atom is -0.501 e. The summed E-state index contributed by atoms with van der Waals surface area (Å²) in [5, 5.41) is 2.18. The summed E-state index contributed by atoms with van der Waals surface area (Å²) in [6.45, 7) is 17.5. The fourth-order valence-corrected chi connectivity index (χ4v) is 6.62. The monoisotopic (exact) mass is 861 g/mol. The van der Waals surface area contributed by atoms with Gasteiger partial charge in [-0.1, -0.05) is 108 Å². The number of furan rings is 1. The molecule has 0 fully saturated rings. The van der Waals surface area contributed by atoms with Crippen molar-refractivity contribution in [2.75, 3.05) is 0 Å². The molecule has 0 spiro atoms. The van der Waals surface area contributed by atoms with Gasteiger partial charge in [0, 0.05) is 43.1 Å². The Hall–Kier alpha value is -4.90. The summed E-state index contributed by atoms with van der Waals surface area (Å²) in [6, 6.07) is 38.0. The zero-order valence-electron chi connectivity index (χ0n) is 31.1. The molecule has 0 aliphatic rings. The van der Waals surface area contributed by atoms with Gasteiger partial charge < -0.3 is 14.0 Å². The van der Waals surface area contributed by atoms with Gasteiger partial charge in [0.15, 0.2) is 0 Å². The molecule has 6 heteroatoms. The van der Waals surface area contributed by atoms with Crippen LogP contribution >= 0.6 is 0 Å². The molecule has 0 bridgehead atoms. The molecule has 0 atom stereocenters. The van der Waals surface area contributed by atoms with Crippen LogP contribution in [0.3, 0.4) is 0 Å². The number of aromatic nitrogens is 4. The number of fused-ring (bicyclic) bond motifs is 4. The summed E-state index contributed by atoms with van der Waals surface area (Å²) in [4.78, 5) is 14.3. The molecule has 0 N–H and O–H groups in total. The molecule has 4 heterocycles. The number of nitrogens with zero attached hydrogens (tertiary/aromatic N) is 4. The molecular formula is C46H44IrN4O-2. The smallest absolute Gasteiger partial charge is 0.120 e. The Labute approximate surface area is 320 Å². The van der Waals surface area contributed by atoms with E-state index in [9.17, 15) is 0 Å². The van der Waals surface area contributed by atoms with Crippen LogP contribution in [-0.4, -0.2) is 19.5 Å². The predicted molar refractivity (Wildman–Crippen MR) is 211 cm³/mol. The fraction of sp³-hybridized carbons (Fsp3) is 0.239. The topological polar surface area (TPSA) is 56.7 Å². The Bertz CT molecular complexity index is 2400. The third-order valence-electron chi connectivity index (χ3n) is 9.44. The average Bonchev–Trinajstić information content (AvgIpc) is 3.70. The largest absolute Gasteiger partial charge is 0.501 e. The molecular weight excluding hydrogens is 817 g/mol. The molecule has 1 radical (unpaired) electrons. The zero-order chi connectivity index (χ0) is 35.8. The van der Waals surface area contributed by atoms with E-state index < -0.39 is 0 Å². The molecule has 52 heavy (non-hydrogen) atoms. The van der Waals surface area contributed by atoms with E-state index in [0.29, 0.717) is 17.8 Å². The molecule has 0 amide bonds. The van der Waals surface area contributed by atoms with Crippen LogP contribution in [0.2, 0.25) is 0 Å². The number of hydrogen-bond donors (Lipinski definition) is 0. The molecule has 0 aliphatic heterocycles. The van der Waals surface area contributed by atoms with Crippen LogP contribution in [-0.2, 0) is 20.1 Å². The standard InChI is InChI=1S/C33H32N3O.C13H12N.Ir/c1-19(2)22-12-9-13-23(20(3)4)31(22)36-29-17-27(21(5)6)34-18-28(29)35-33(36)26-15-10-14-25-24-11-7-8-16-30(24)37-32(25)26;1-10-3-6-12(7-4-10)13-8-5-11(2)9-14-13;/h7-14,16-21H,1-6H3;3-6,8-9H,1-2H3;/q2*-1;. The van der Waals surface area contributed by atoms with Crippen molar-refractivity contribution in [1.82, 2.24) is 19.5 Å². The third-order valence-corrected chi connectivity index (χ3v) is 9.44. The number of rotatable bonds is 6. The normalized spacial score (nSPS) is 11.4. The molecule has 5 nitrogen and oxygen atoms in total. The summed E-state index contributed by atoms with van der Waals surface area (Å²) in [5.41, 5.74) is 13.8. The number of hydrogen-bond acceptors (Lipinski definition) is 4. The average molecular weight is 861 g/mol. The number of para-hydroxylation sites is 2. The first-order valence-corrected chi connectivity index (χ1v) is 17.9. The minimum atomic E-state index is 0. The fourth-order valence-electron chi connectivity index (χ4n) is 6.62. The molecule has 4 aromatic carbocycles. The molecule has 0 saturated carbocycles. The first-order chi connectivity index (χ1) is 24.6. The van der Waals surface area contributed by atoms with E-state index in [1.54, 1.807) is 0 Å². The van der Waals surface area contributed by atoms with Crippen LogP contribution in [0.25, 0.3) is 61.3 Å². The van der Waals surface area contributed by atoms with Crippen molar-refractivity contribution in [3.63, 3.8) is 0 Å². The van der Waals surface area contributed by atoms with Crippen LogP contribution in [0, 0.1) is 26.0 Å². The first-order valence-electron chi connectivity index (χ1n) is 17.9. The Morgan fingerprint density at radius 1 is 0.692 bits per heavy atom. The maximum absolute atomic E-state index is 6.44. The third kappa shape index (κ3) is 7.11. The van der Waals surface area contributed by atoms with Gasteiger partial charge in [-0.15, -0.1) is 53.6 Å². The maximum atomic E-state index is 6.44. The van der Waals surface area contributed by atoms with E-state index in [0.717, 1.165) is 61.3 Å². The number of pyridine rings is 2. The second-order valence-electron chi connectivity index (χ2n) is 14.3. The van der Waals surface area contributed by atoms with E-state index in [2.05, 4.69) is 125 Å². The molecule has 4 aromatic heterocycles. The summed E-state index contributed by atoms with van der Waals surface area (Å²) in [6.07, 6.45) is 3.79. The van der Waals surface area contributed by atoms with Gasteiger partial charge in [0.1, 0.15) is 5.58 Å². The molecule has 8 rings (SSSR count). The van der Waals surface area contributed by atoms with Gasteiger partial charge >= 0.3 is 0 Å². The summed E-state index contributed by atoms with van der Waals surface area (Å²) < 4.78 is 8.78. The first kappa shape index (κ1) is 36.9. The van der Waals surface area contributed by atoms with Crippen molar-refractivity contribution in [1.29, 1.82) is 0 Å². The van der Waals surface area contributed by atoms with Crippen LogP contribution in [0.1, 0.15) is 87.2 Å². The SMILES string of the molecule is CC(C)c1cc2c(cn1)nc(-c1[c-]ccc3c1oc1ccccc13)n2-c1c(C(C)C)cccc1C(C)C.Cc1c[c-]c(-c2ccc(C)cn2)cc1.[Ir]. The summed E-state index contributed by atoms with van der Waals surface area (Å²) in [5.74, 6) is 1.83.